The molecule has 0 radical (unpaired) electrons. The summed E-state index contributed by atoms with van der Waals surface area (Å²) < 4.78 is 28.4. The predicted octanol–water partition coefficient (Wildman–Crippen LogP) is 5.41. The fraction of sp³-hybridized carbons (Fsp3) is 0.227. The fourth-order valence-electron chi connectivity index (χ4n) is 3.48. The molecule has 0 spiro atoms. The first kappa shape index (κ1) is 18.0. The van der Waals surface area contributed by atoms with Crippen LogP contribution in [-0.4, -0.2) is 20.2 Å². The number of ether oxygens (including phenoxy) is 3. The summed E-state index contributed by atoms with van der Waals surface area (Å²) in [5.41, 5.74) is 1.35. The van der Waals surface area contributed by atoms with E-state index in [0.29, 0.717) is 45.1 Å². The molecule has 4 rings (SSSR count). The van der Waals surface area contributed by atoms with Crippen LogP contribution in [-0.2, 0) is 4.79 Å². The minimum atomic E-state index is -0.419. The standard InChI is InChI=1S/C22H20O6/c1-11-6-7-17(26-11)20-14-9-18(24-4)19(25-5)10-15(14)21(28-13(3)23)16-8-12(2)27-22(16)20/h6-10H,1-5H3. The van der Waals surface area contributed by atoms with Crippen molar-refractivity contribution in [2.24, 2.45) is 0 Å². The van der Waals surface area contributed by atoms with Gasteiger partial charge in [0.1, 0.15) is 28.6 Å². The summed E-state index contributed by atoms with van der Waals surface area (Å²) in [6.07, 6.45) is 0. The number of hydrogen-bond acceptors (Lipinski definition) is 6. The molecular formula is C22H20O6. The summed E-state index contributed by atoms with van der Waals surface area (Å²) in [6.45, 7) is 5.10. The second kappa shape index (κ2) is 6.64. The van der Waals surface area contributed by atoms with Gasteiger partial charge in [0.25, 0.3) is 0 Å². The molecule has 0 N–H and O–H groups in total. The van der Waals surface area contributed by atoms with E-state index in [0.717, 1.165) is 16.7 Å². The number of fused-ring (bicyclic) bond motifs is 2. The number of furan rings is 2. The monoisotopic (exact) mass is 380 g/mol. The van der Waals surface area contributed by atoms with Crippen molar-refractivity contribution in [1.82, 2.24) is 0 Å². The summed E-state index contributed by atoms with van der Waals surface area (Å²) >= 11 is 0. The van der Waals surface area contributed by atoms with E-state index >= 15 is 0 Å². The molecule has 6 heteroatoms. The van der Waals surface area contributed by atoms with E-state index in [1.54, 1.807) is 20.3 Å². The van der Waals surface area contributed by atoms with Crippen LogP contribution in [0.4, 0.5) is 0 Å². The van der Waals surface area contributed by atoms with Gasteiger partial charge in [0.05, 0.1) is 25.2 Å². The first-order valence-electron chi connectivity index (χ1n) is 8.80. The molecule has 4 aromatic rings. The number of carbonyl (C=O) groups excluding carboxylic acids is 1. The van der Waals surface area contributed by atoms with Crippen LogP contribution >= 0.6 is 0 Å². The van der Waals surface area contributed by atoms with E-state index in [1.807, 2.05) is 38.1 Å². The third-order valence-corrected chi connectivity index (χ3v) is 4.60. The fourth-order valence-corrected chi connectivity index (χ4v) is 3.48. The highest BCUT2D eigenvalue weighted by Gasteiger charge is 2.24. The Labute approximate surface area is 161 Å². The predicted molar refractivity (Wildman–Crippen MR) is 105 cm³/mol. The highest BCUT2D eigenvalue weighted by atomic mass is 16.5. The number of methoxy groups -OCH3 is 2. The zero-order valence-electron chi connectivity index (χ0n) is 16.3. The Morgan fingerprint density at radius 2 is 1.54 bits per heavy atom. The molecule has 0 fully saturated rings. The zero-order valence-corrected chi connectivity index (χ0v) is 16.3. The van der Waals surface area contributed by atoms with Crippen molar-refractivity contribution in [2.45, 2.75) is 20.8 Å². The quantitative estimate of drug-likeness (QED) is 0.348. The van der Waals surface area contributed by atoms with Crippen LogP contribution in [0.3, 0.4) is 0 Å². The molecule has 0 aliphatic heterocycles. The van der Waals surface area contributed by atoms with Crippen molar-refractivity contribution in [3.63, 3.8) is 0 Å². The first-order chi connectivity index (χ1) is 13.4. The van der Waals surface area contributed by atoms with E-state index in [4.69, 9.17) is 23.0 Å². The van der Waals surface area contributed by atoms with Gasteiger partial charge in [-0.1, -0.05) is 0 Å². The SMILES string of the molecule is COc1cc2c(OC(C)=O)c3cc(C)oc3c(-c3ccc(C)o3)c2cc1OC. The van der Waals surface area contributed by atoms with Crippen LogP contribution in [0.1, 0.15) is 18.4 Å². The number of hydrogen-bond donors (Lipinski definition) is 0. The average molecular weight is 380 g/mol. The summed E-state index contributed by atoms with van der Waals surface area (Å²) in [4.78, 5) is 11.8. The summed E-state index contributed by atoms with van der Waals surface area (Å²) in [5, 5.41) is 2.16. The highest BCUT2D eigenvalue weighted by Crippen LogP contribution is 2.48. The van der Waals surface area contributed by atoms with Crippen LogP contribution in [0.5, 0.6) is 17.2 Å². The second-order valence-corrected chi connectivity index (χ2v) is 6.56. The smallest absolute Gasteiger partial charge is 0.308 e. The molecule has 144 valence electrons. The molecule has 0 aliphatic carbocycles. The molecule has 0 aliphatic rings. The Bertz CT molecular complexity index is 1210. The van der Waals surface area contributed by atoms with Crippen molar-refractivity contribution in [1.29, 1.82) is 0 Å². The molecular weight excluding hydrogens is 360 g/mol. The van der Waals surface area contributed by atoms with Crippen molar-refractivity contribution in [2.75, 3.05) is 14.2 Å². The van der Waals surface area contributed by atoms with Gasteiger partial charge in [-0.2, -0.15) is 0 Å². The molecule has 2 aromatic heterocycles. The molecule has 28 heavy (non-hydrogen) atoms. The van der Waals surface area contributed by atoms with Crippen LogP contribution in [0.2, 0.25) is 0 Å². The van der Waals surface area contributed by atoms with Gasteiger partial charge >= 0.3 is 5.97 Å². The van der Waals surface area contributed by atoms with Crippen LogP contribution < -0.4 is 14.2 Å². The molecule has 0 atom stereocenters. The van der Waals surface area contributed by atoms with Crippen molar-refractivity contribution in [3.8, 4) is 28.6 Å². The molecule has 0 saturated heterocycles. The number of rotatable bonds is 4. The lowest BCUT2D eigenvalue weighted by Gasteiger charge is -2.15. The van der Waals surface area contributed by atoms with E-state index < -0.39 is 5.97 Å². The normalized spacial score (nSPS) is 11.2. The minimum absolute atomic E-state index is 0.419. The zero-order chi connectivity index (χ0) is 20.0. The summed E-state index contributed by atoms with van der Waals surface area (Å²) in [7, 11) is 3.13. The number of carbonyl (C=O) groups is 1. The Balaban J connectivity index is 2.23. The molecule has 0 amide bonds. The molecule has 6 nitrogen and oxygen atoms in total. The largest absolute Gasteiger partial charge is 0.493 e. The minimum Gasteiger partial charge on any atom is -0.493 e. The lowest BCUT2D eigenvalue weighted by molar-refractivity contribution is -0.131. The van der Waals surface area contributed by atoms with Gasteiger partial charge in [-0.3, -0.25) is 4.79 Å². The molecule has 0 saturated carbocycles. The molecule has 2 heterocycles. The molecule has 2 aromatic carbocycles. The van der Waals surface area contributed by atoms with E-state index in [-0.39, 0.29) is 0 Å². The Morgan fingerprint density at radius 3 is 2.11 bits per heavy atom. The van der Waals surface area contributed by atoms with Crippen LogP contribution in [0.25, 0.3) is 33.1 Å². The summed E-state index contributed by atoms with van der Waals surface area (Å²) in [5.74, 6) is 3.22. The topological polar surface area (TPSA) is 71.0 Å². The number of esters is 1. The third-order valence-electron chi connectivity index (χ3n) is 4.60. The Kier molecular flexibility index (Phi) is 4.26. The number of aryl methyl sites for hydroxylation is 2. The van der Waals surface area contributed by atoms with E-state index in [1.165, 1.54) is 6.92 Å². The molecule has 0 bridgehead atoms. The van der Waals surface area contributed by atoms with Gasteiger partial charge < -0.3 is 23.0 Å². The van der Waals surface area contributed by atoms with Crippen LogP contribution in [0.15, 0.2) is 39.2 Å². The van der Waals surface area contributed by atoms with Gasteiger partial charge in [0, 0.05) is 17.7 Å². The van der Waals surface area contributed by atoms with Gasteiger partial charge in [0.2, 0.25) is 0 Å². The first-order valence-corrected chi connectivity index (χ1v) is 8.80. The van der Waals surface area contributed by atoms with E-state index in [9.17, 15) is 4.79 Å². The molecule has 0 unspecified atom stereocenters. The Hall–Kier alpha value is -3.41. The highest BCUT2D eigenvalue weighted by molar-refractivity contribution is 6.16. The van der Waals surface area contributed by atoms with Gasteiger partial charge in [-0.15, -0.1) is 0 Å². The van der Waals surface area contributed by atoms with Gasteiger partial charge in [-0.05, 0) is 44.2 Å². The van der Waals surface area contributed by atoms with Crippen LogP contribution in [0, 0.1) is 13.8 Å². The maximum absolute atomic E-state index is 11.8. The van der Waals surface area contributed by atoms with Crippen molar-refractivity contribution < 1.29 is 27.8 Å². The van der Waals surface area contributed by atoms with Crippen molar-refractivity contribution >= 4 is 27.7 Å². The maximum Gasteiger partial charge on any atom is 0.308 e. The van der Waals surface area contributed by atoms with Crippen molar-refractivity contribution in [3.05, 3.63) is 41.9 Å². The second-order valence-electron chi connectivity index (χ2n) is 6.56. The number of benzene rings is 2. The average Bonchev–Trinajstić information content (AvgIpc) is 3.25. The Morgan fingerprint density at radius 1 is 0.857 bits per heavy atom. The van der Waals surface area contributed by atoms with Gasteiger partial charge in [0.15, 0.2) is 11.5 Å². The lowest BCUT2D eigenvalue weighted by atomic mass is 9.98. The maximum atomic E-state index is 11.8. The summed E-state index contributed by atoms with van der Waals surface area (Å²) in [6, 6.07) is 9.27. The lowest BCUT2D eigenvalue weighted by Crippen LogP contribution is -2.03. The third kappa shape index (κ3) is 2.78. The van der Waals surface area contributed by atoms with E-state index in [2.05, 4.69) is 0 Å². The van der Waals surface area contributed by atoms with Gasteiger partial charge in [-0.25, -0.2) is 0 Å².